The zero-order valence-electron chi connectivity index (χ0n) is 20.7. The lowest BCUT2D eigenvalue weighted by Gasteiger charge is -2.25. The van der Waals surface area contributed by atoms with E-state index < -0.39 is 17.7 Å². The molecule has 4 aromatic rings. The number of aryl methyl sites for hydroxylation is 1. The van der Waals surface area contributed by atoms with Crippen LogP contribution in [0.25, 0.3) is 5.76 Å². The van der Waals surface area contributed by atoms with Crippen LogP contribution in [0.4, 0.5) is 0 Å². The number of halogens is 1. The number of benzene rings is 3. The maximum atomic E-state index is 13.3. The molecule has 1 saturated heterocycles. The summed E-state index contributed by atoms with van der Waals surface area (Å²) < 4.78 is 6.70. The van der Waals surface area contributed by atoms with Crippen molar-refractivity contribution in [1.29, 1.82) is 0 Å². The van der Waals surface area contributed by atoms with Crippen LogP contribution in [0.1, 0.15) is 33.9 Å². The third-order valence-corrected chi connectivity index (χ3v) is 6.89. The number of Topliss-reactive ketones (excluding diaryl/α,β-unsaturated/α-hetero) is 1. The molecule has 1 aliphatic rings. The van der Waals surface area contributed by atoms with Crippen LogP contribution in [0, 0.1) is 6.92 Å². The molecule has 1 unspecified atom stereocenters. The number of hydrogen-bond acceptors (Lipinski definition) is 5. The Labute approximate surface area is 229 Å². The molecule has 0 aliphatic carbocycles. The smallest absolute Gasteiger partial charge is 0.295 e. The van der Waals surface area contributed by atoms with Crippen molar-refractivity contribution in [2.24, 2.45) is 0 Å². The highest BCUT2D eigenvalue weighted by atomic mass is 79.9. The fourth-order valence-corrected chi connectivity index (χ4v) is 5.00. The van der Waals surface area contributed by atoms with Crippen molar-refractivity contribution in [2.75, 3.05) is 0 Å². The van der Waals surface area contributed by atoms with Gasteiger partial charge >= 0.3 is 0 Å². The van der Waals surface area contributed by atoms with Gasteiger partial charge in [0.05, 0.1) is 11.6 Å². The minimum atomic E-state index is -0.759. The van der Waals surface area contributed by atoms with E-state index >= 15 is 0 Å². The Morgan fingerprint density at radius 2 is 1.74 bits per heavy atom. The molecule has 1 aliphatic heterocycles. The predicted octanol–water partition coefficient (Wildman–Crippen LogP) is 6.35. The van der Waals surface area contributed by atoms with Crippen LogP contribution in [0.2, 0.25) is 0 Å². The molecule has 38 heavy (non-hydrogen) atoms. The number of pyridine rings is 1. The number of carbonyl (C=O) groups is 2. The number of ether oxygens (including phenoxy) is 1. The van der Waals surface area contributed by atoms with Crippen LogP contribution in [0.15, 0.2) is 107 Å². The number of likely N-dealkylation sites (tertiary alicyclic amines) is 1. The molecule has 6 nitrogen and oxygen atoms in total. The minimum Gasteiger partial charge on any atom is -0.507 e. The Balaban J connectivity index is 1.47. The summed E-state index contributed by atoms with van der Waals surface area (Å²) in [6.07, 6.45) is 3.31. The summed E-state index contributed by atoms with van der Waals surface area (Å²) in [5.74, 6) is -0.995. The summed E-state index contributed by atoms with van der Waals surface area (Å²) in [6, 6.07) is 25.2. The van der Waals surface area contributed by atoms with Gasteiger partial charge in [0.2, 0.25) is 0 Å². The molecule has 190 valence electrons. The number of rotatable bonds is 7. The minimum absolute atomic E-state index is 0.0467. The average Bonchev–Trinajstić information content (AvgIpc) is 3.17. The zero-order valence-corrected chi connectivity index (χ0v) is 22.3. The molecule has 5 rings (SSSR count). The van der Waals surface area contributed by atoms with E-state index in [4.69, 9.17) is 4.74 Å². The molecule has 0 spiro atoms. The number of hydrogen-bond donors (Lipinski definition) is 1. The number of nitrogens with zero attached hydrogens (tertiary/aromatic N) is 2. The van der Waals surface area contributed by atoms with Gasteiger partial charge in [-0.2, -0.15) is 0 Å². The molecule has 2 heterocycles. The molecule has 7 heteroatoms. The lowest BCUT2D eigenvalue weighted by Crippen LogP contribution is -2.29. The number of carbonyl (C=O) groups excluding carboxylic acids is 2. The summed E-state index contributed by atoms with van der Waals surface area (Å²) in [4.78, 5) is 32.1. The number of aliphatic hydroxyl groups excluding tert-OH is 1. The van der Waals surface area contributed by atoms with Crippen molar-refractivity contribution in [3.63, 3.8) is 0 Å². The molecule has 0 saturated carbocycles. The van der Waals surface area contributed by atoms with Crippen LogP contribution in [0.3, 0.4) is 0 Å². The first-order chi connectivity index (χ1) is 18.4. The maximum Gasteiger partial charge on any atom is 0.295 e. The monoisotopic (exact) mass is 568 g/mol. The Morgan fingerprint density at radius 3 is 2.45 bits per heavy atom. The van der Waals surface area contributed by atoms with Crippen LogP contribution < -0.4 is 4.74 Å². The number of aliphatic hydroxyl groups is 1. The second kappa shape index (κ2) is 11.0. The first-order valence-electron chi connectivity index (χ1n) is 12.1. The van der Waals surface area contributed by atoms with Gasteiger partial charge in [0.15, 0.2) is 0 Å². The van der Waals surface area contributed by atoms with E-state index in [0.29, 0.717) is 23.5 Å². The summed E-state index contributed by atoms with van der Waals surface area (Å²) in [7, 11) is 0. The van der Waals surface area contributed by atoms with Gasteiger partial charge in [0.1, 0.15) is 18.1 Å². The molecule has 1 fully saturated rings. The lowest BCUT2D eigenvalue weighted by atomic mass is 9.95. The first kappa shape index (κ1) is 25.4. The zero-order chi connectivity index (χ0) is 26.6. The Bertz CT molecular complexity index is 1520. The largest absolute Gasteiger partial charge is 0.507 e. The second-order valence-corrected chi connectivity index (χ2v) is 10.1. The Hall–Kier alpha value is -4.23. The summed E-state index contributed by atoms with van der Waals surface area (Å²) in [6.45, 7) is 2.62. The Kier molecular flexibility index (Phi) is 7.38. The molecule has 1 atom stereocenters. The molecular weight excluding hydrogens is 544 g/mol. The van der Waals surface area contributed by atoms with E-state index in [1.807, 2.05) is 55.5 Å². The standard InChI is InChI=1S/C31H25BrN2O4/c1-20-5-2-6-21(15-20)19-38-26-12-10-23(11-13-26)29(35)27-28(24-8-3-9-25(32)16-24)34(31(37)30(27)36)18-22-7-4-14-33-17-22/h2-17,28,35H,18-19H2,1H3/b29-27+. The normalized spacial score (nSPS) is 16.6. The predicted molar refractivity (Wildman–Crippen MR) is 148 cm³/mol. The van der Waals surface area contributed by atoms with Gasteiger partial charge in [0, 0.05) is 29.0 Å². The topological polar surface area (TPSA) is 79.7 Å². The van der Waals surface area contributed by atoms with Gasteiger partial charge in [-0.1, -0.05) is 64.0 Å². The molecule has 1 amide bonds. The third kappa shape index (κ3) is 5.38. The molecular formula is C31H25BrN2O4. The van der Waals surface area contributed by atoms with E-state index in [9.17, 15) is 14.7 Å². The van der Waals surface area contributed by atoms with E-state index in [2.05, 4.69) is 27.0 Å². The lowest BCUT2D eigenvalue weighted by molar-refractivity contribution is -0.140. The third-order valence-electron chi connectivity index (χ3n) is 6.40. The molecule has 1 aromatic heterocycles. The van der Waals surface area contributed by atoms with Crippen molar-refractivity contribution in [3.05, 3.63) is 135 Å². The van der Waals surface area contributed by atoms with E-state index in [1.165, 1.54) is 4.90 Å². The fraction of sp³-hybridized carbons (Fsp3) is 0.129. The van der Waals surface area contributed by atoms with Crippen molar-refractivity contribution >= 4 is 33.4 Å². The summed E-state index contributed by atoms with van der Waals surface area (Å²) in [5, 5.41) is 11.3. The van der Waals surface area contributed by atoms with Gasteiger partial charge in [-0.05, 0) is 66.1 Å². The van der Waals surface area contributed by atoms with Gasteiger partial charge < -0.3 is 14.7 Å². The second-order valence-electron chi connectivity index (χ2n) is 9.15. The van der Waals surface area contributed by atoms with Gasteiger partial charge in [-0.15, -0.1) is 0 Å². The number of ketones is 1. The van der Waals surface area contributed by atoms with E-state index in [0.717, 1.165) is 21.2 Å². The highest BCUT2D eigenvalue weighted by molar-refractivity contribution is 9.10. The summed E-state index contributed by atoms with van der Waals surface area (Å²) in [5.41, 5.74) is 4.18. The molecule has 0 bridgehead atoms. The number of amides is 1. The van der Waals surface area contributed by atoms with Crippen LogP contribution in [-0.4, -0.2) is 26.7 Å². The van der Waals surface area contributed by atoms with Gasteiger partial charge in [0.25, 0.3) is 11.7 Å². The fourth-order valence-electron chi connectivity index (χ4n) is 4.59. The van der Waals surface area contributed by atoms with Crippen LogP contribution in [-0.2, 0) is 22.7 Å². The van der Waals surface area contributed by atoms with Gasteiger partial charge in [-0.25, -0.2) is 0 Å². The van der Waals surface area contributed by atoms with E-state index in [1.54, 1.807) is 42.7 Å². The SMILES string of the molecule is Cc1cccc(COc2ccc(/C(O)=C3\C(=O)C(=O)N(Cc4cccnc4)C3c3cccc(Br)c3)cc2)c1. The molecule has 1 N–H and O–H groups in total. The average molecular weight is 569 g/mol. The van der Waals surface area contributed by atoms with Crippen molar-refractivity contribution in [3.8, 4) is 5.75 Å². The molecule has 0 radical (unpaired) electrons. The van der Waals surface area contributed by atoms with Crippen molar-refractivity contribution in [1.82, 2.24) is 9.88 Å². The van der Waals surface area contributed by atoms with Crippen molar-refractivity contribution in [2.45, 2.75) is 26.1 Å². The van der Waals surface area contributed by atoms with Gasteiger partial charge in [-0.3, -0.25) is 14.6 Å². The molecule has 3 aromatic carbocycles. The summed E-state index contributed by atoms with van der Waals surface area (Å²) >= 11 is 3.48. The first-order valence-corrected chi connectivity index (χ1v) is 12.9. The maximum absolute atomic E-state index is 13.3. The quantitative estimate of drug-likeness (QED) is 0.159. The van der Waals surface area contributed by atoms with Crippen LogP contribution in [0.5, 0.6) is 5.75 Å². The Morgan fingerprint density at radius 1 is 0.974 bits per heavy atom. The highest BCUT2D eigenvalue weighted by Crippen LogP contribution is 2.41. The van der Waals surface area contributed by atoms with E-state index in [-0.39, 0.29) is 17.9 Å². The van der Waals surface area contributed by atoms with Crippen LogP contribution >= 0.6 is 15.9 Å². The van der Waals surface area contributed by atoms with Crippen molar-refractivity contribution < 1.29 is 19.4 Å². The number of aromatic nitrogens is 1. The highest BCUT2D eigenvalue weighted by Gasteiger charge is 2.46.